The van der Waals surface area contributed by atoms with Gasteiger partial charge in [-0.25, -0.2) is 0 Å². The van der Waals surface area contributed by atoms with Crippen molar-refractivity contribution >= 4 is 39.2 Å². The number of nitro groups is 1. The van der Waals surface area contributed by atoms with E-state index < -0.39 is 15.9 Å². The van der Waals surface area contributed by atoms with Crippen molar-refractivity contribution in [1.29, 1.82) is 0 Å². The van der Waals surface area contributed by atoms with Crippen LogP contribution in [0.4, 0.5) is 5.69 Å². The first-order valence-corrected chi connectivity index (χ1v) is 5.28. The van der Waals surface area contributed by atoms with Gasteiger partial charge < -0.3 is 4.57 Å². The number of nitro benzene ring substituents is 1. The SMILES string of the molecule is Cn1cc(C(=O)C(=O)Cl)c2cccc([N+](=O)[O-])c21. The first-order valence-electron chi connectivity index (χ1n) is 4.90. The zero-order valence-corrected chi connectivity index (χ0v) is 9.97. The predicted molar refractivity (Wildman–Crippen MR) is 64.8 cm³/mol. The highest BCUT2D eigenvalue weighted by molar-refractivity contribution is 6.83. The molecule has 0 unspecified atom stereocenters. The van der Waals surface area contributed by atoms with Crippen LogP contribution in [0.5, 0.6) is 0 Å². The first kappa shape index (κ1) is 12.3. The maximum atomic E-state index is 11.6. The number of aromatic nitrogens is 1. The van der Waals surface area contributed by atoms with Crippen molar-refractivity contribution in [3.8, 4) is 0 Å². The maximum Gasteiger partial charge on any atom is 0.293 e. The number of aryl methyl sites for hydroxylation is 1. The zero-order chi connectivity index (χ0) is 13.4. The van der Waals surface area contributed by atoms with Crippen LogP contribution in [0.2, 0.25) is 0 Å². The smallest absolute Gasteiger partial charge is 0.293 e. The summed E-state index contributed by atoms with van der Waals surface area (Å²) in [6.07, 6.45) is 1.36. The van der Waals surface area contributed by atoms with Crippen LogP contribution in [-0.4, -0.2) is 20.5 Å². The molecule has 0 bridgehead atoms. The van der Waals surface area contributed by atoms with Gasteiger partial charge in [0, 0.05) is 24.7 Å². The van der Waals surface area contributed by atoms with E-state index in [1.807, 2.05) is 0 Å². The van der Waals surface area contributed by atoms with Crippen LogP contribution < -0.4 is 0 Å². The molecule has 1 aromatic carbocycles. The molecule has 0 aliphatic rings. The summed E-state index contributed by atoms with van der Waals surface area (Å²) in [5.74, 6) is -0.872. The Labute approximate surface area is 106 Å². The van der Waals surface area contributed by atoms with Crippen molar-refractivity contribution in [2.45, 2.75) is 0 Å². The third kappa shape index (κ3) is 1.76. The van der Waals surface area contributed by atoms with Crippen molar-refractivity contribution in [1.82, 2.24) is 4.57 Å². The molecular formula is C11H7ClN2O4. The number of halogens is 1. The Morgan fingerprint density at radius 3 is 2.61 bits per heavy atom. The quantitative estimate of drug-likeness (QED) is 0.280. The Hall–Kier alpha value is -2.21. The molecule has 0 spiro atoms. The molecule has 18 heavy (non-hydrogen) atoms. The average Bonchev–Trinajstić information content (AvgIpc) is 2.65. The Kier molecular flexibility index (Phi) is 2.88. The van der Waals surface area contributed by atoms with Gasteiger partial charge in [0.2, 0.25) is 5.78 Å². The lowest BCUT2D eigenvalue weighted by atomic mass is 10.1. The lowest BCUT2D eigenvalue weighted by Crippen LogP contribution is -2.06. The second kappa shape index (κ2) is 4.23. The fourth-order valence-electron chi connectivity index (χ4n) is 1.88. The number of para-hydroxylation sites is 1. The lowest BCUT2D eigenvalue weighted by molar-refractivity contribution is -0.383. The van der Waals surface area contributed by atoms with Crippen LogP contribution in [0, 0.1) is 10.1 Å². The van der Waals surface area contributed by atoms with Crippen molar-refractivity contribution in [2.75, 3.05) is 0 Å². The Balaban J connectivity index is 2.82. The van der Waals surface area contributed by atoms with Crippen molar-refractivity contribution < 1.29 is 14.5 Å². The highest BCUT2D eigenvalue weighted by Gasteiger charge is 2.23. The molecule has 2 rings (SSSR count). The minimum Gasteiger partial charge on any atom is -0.344 e. The fourth-order valence-corrected chi connectivity index (χ4v) is 1.98. The van der Waals surface area contributed by atoms with E-state index in [1.165, 1.54) is 29.0 Å². The molecule has 0 fully saturated rings. The minimum atomic E-state index is -1.12. The van der Waals surface area contributed by atoms with E-state index in [4.69, 9.17) is 11.6 Å². The molecule has 0 aliphatic carbocycles. The van der Waals surface area contributed by atoms with Crippen LogP contribution in [0.15, 0.2) is 24.4 Å². The molecule has 92 valence electrons. The summed E-state index contributed by atoms with van der Waals surface area (Å²) in [4.78, 5) is 32.8. The van der Waals surface area contributed by atoms with Gasteiger partial charge in [0.1, 0.15) is 5.52 Å². The van der Waals surface area contributed by atoms with E-state index in [2.05, 4.69) is 0 Å². The molecule has 0 saturated carbocycles. The number of rotatable bonds is 3. The number of hydrogen-bond donors (Lipinski definition) is 0. The monoisotopic (exact) mass is 266 g/mol. The summed E-state index contributed by atoms with van der Waals surface area (Å²) >= 11 is 5.14. The highest BCUT2D eigenvalue weighted by Crippen LogP contribution is 2.29. The zero-order valence-electron chi connectivity index (χ0n) is 9.21. The number of Topliss-reactive ketones (excluding diaryl/α,β-unsaturated/α-hetero) is 1. The van der Waals surface area contributed by atoms with Crippen molar-refractivity contribution in [3.63, 3.8) is 0 Å². The minimum absolute atomic E-state index is 0.0659. The molecule has 0 aliphatic heterocycles. The summed E-state index contributed by atoms with van der Waals surface area (Å²) in [6, 6.07) is 4.32. The van der Waals surface area contributed by atoms with E-state index in [0.29, 0.717) is 5.39 Å². The summed E-state index contributed by atoms with van der Waals surface area (Å²) < 4.78 is 1.43. The fraction of sp³-hybridized carbons (Fsp3) is 0.0909. The second-order valence-electron chi connectivity index (χ2n) is 3.69. The molecule has 7 heteroatoms. The normalized spacial score (nSPS) is 10.6. The van der Waals surface area contributed by atoms with E-state index in [0.717, 1.165) is 0 Å². The van der Waals surface area contributed by atoms with Crippen molar-refractivity contribution in [2.24, 2.45) is 7.05 Å². The van der Waals surface area contributed by atoms with Gasteiger partial charge in [-0.2, -0.15) is 0 Å². The number of nitrogens with zero attached hydrogens (tertiary/aromatic N) is 2. The van der Waals surface area contributed by atoms with Gasteiger partial charge in [0.05, 0.1) is 10.5 Å². The Morgan fingerprint density at radius 1 is 1.39 bits per heavy atom. The van der Waals surface area contributed by atoms with Crippen LogP contribution in [0.1, 0.15) is 10.4 Å². The summed E-state index contributed by atoms with van der Waals surface area (Å²) in [5, 5.41) is 10.1. The number of hydrogen-bond acceptors (Lipinski definition) is 4. The number of non-ortho nitro benzene ring substituents is 1. The van der Waals surface area contributed by atoms with Crippen LogP contribution in [-0.2, 0) is 11.8 Å². The van der Waals surface area contributed by atoms with E-state index in [1.54, 1.807) is 7.05 Å². The van der Waals surface area contributed by atoms with Gasteiger partial charge in [-0.3, -0.25) is 19.7 Å². The van der Waals surface area contributed by atoms with Crippen LogP contribution in [0.3, 0.4) is 0 Å². The Morgan fingerprint density at radius 2 is 2.06 bits per heavy atom. The standard InChI is InChI=1S/C11H7ClN2O4/c1-13-5-7(10(15)11(12)16)6-3-2-4-8(9(6)13)14(17)18/h2-5H,1H3. The van der Waals surface area contributed by atoms with Crippen molar-refractivity contribution in [3.05, 3.63) is 40.1 Å². The lowest BCUT2D eigenvalue weighted by Gasteiger charge is -1.97. The molecule has 0 atom stereocenters. The molecule has 0 saturated heterocycles. The second-order valence-corrected chi connectivity index (χ2v) is 4.03. The molecule has 1 aromatic heterocycles. The summed E-state index contributed by atoms with van der Waals surface area (Å²) in [5.41, 5.74) is 0.219. The molecular weight excluding hydrogens is 260 g/mol. The average molecular weight is 267 g/mol. The number of fused-ring (bicyclic) bond motifs is 1. The summed E-state index contributed by atoms with van der Waals surface area (Å²) in [6.45, 7) is 0. The highest BCUT2D eigenvalue weighted by atomic mass is 35.5. The third-order valence-corrected chi connectivity index (χ3v) is 2.77. The molecule has 0 amide bonds. The number of benzene rings is 1. The van der Waals surface area contributed by atoms with Gasteiger partial charge in [0.15, 0.2) is 0 Å². The van der Waals surface area contributed by atoms with Gasteiger partial charge in [-0.15, -0.1) is 0 Å². The molecule has 1 heterocycles. The topological polar surface area (TPSA) is 82.2 Å². The van der Waals surface area contributed by atoms with Gasteiger partial charge >= 0.3 is 0 Å². The summed E-state index contributed by atoms with van der Waals surface area (Å²) in [7, 11) is 1.56. The van der Waals surface area contributed by atoms with Gasteiger partial charge in [-0.05, 0) is 11.6 Å². The number of carbonyl (C=O) groups excluding carboxylic acids is 2. The van der Waals surface area contributed by atoms with E-state index in [-0.39, 0.29) is 16.8 Å². The number of ketones is 1. The van der Waals surface area contributed by atoms with Crippen LogP contribution in [0.25, 0.3) is 10.9 Å². The Bertz CT molecular complexity index is 690. The van der Waals surface area contributed by atoms with Gasteiger partial charge in [0.25, 0.3) is 10.9 Å². The first-order chi connectivity index (χ1) is 8.43. The maximum absolute atomic E-state index is 11.6. The molecule has 0 N–H and O–H groups in total. The van der Waals surface area contributed by atoms with Crippen LogP contribution >= 0.6 is 11.6 Å². The number of carbonyl (C=O) groups is 2. The molecule has 2 aromatic rings. The van der Waals surface area contributed by atoms with E-state index >= 15 is 0 Å². The largest absolute Gasteiger partial charge is 0.344 e. The third-order valence-electron chi connectivity index (χ3n) is 2.60. The molecule has 6 nitrogen and oxygen atoms in total. The van der Waals surface area contributed by atoms with E-state index in [9.17, 15) is 19.7 Å². The predicted octanol–water partition coefficient (Wildman–Crippen LogP) is 2.03. The molecule has 0 radical (unpaired) electrons. The van der Waals surface area contributed by atoms with Gasteiger partial charge in [-0.1, -0.05) is 12.1 Å².